The Morgan fingerprint density at radius 3 is 2.75 bits per heavy atom. The summed E-state index contributed by atoms with van der Waals surface area (Å²) in [7, 11) is 0. The van der Waals surface area contributed by atoms with Crippen molar-refractivity contribution in [3.63, 3.8) is 0 Å². The number of hydrogen-bond donors (Lipinski definition) is 1. The average molecular weight is 275 g/mol. The SMILES string of the molecule is OCC#Cc1ccc(F)cc1OCc1cncc(F)c1. The maximum atomic E-state index is 13.2. The second kappa shape index (κ2) is 6.64. The summed E-state index contributed by atoms with van der Waals surface area (Å²) in [5.74, 6) is 4.42. The van der Waals surface area contributed by atoms with E-state index in [1.165, 1.54) is 30.5 Å². The van der Waals surface area contributed by atoms with E-state index >= 15 is 0 Å². The summed E-state index contributed by atoms with van der Waals surface area (Å²) >= 11 is 0. The standard InChI is InChI=1S/C15H11F2NO2/c16-13-4-3-12(2-1-5-19)15(7-13)20-10-11-6-14(17)9-18-8-11/h3-4,6-9,19H,5,10H2. The van der Waals surface area contributed by atoms with Crippen molar-refractivity contribution in [1.29, 1.82) is 0 Å². The van der Waals surface area contributed by atoms with Crippen molar-refractivity contribution in [2.45, 2.75) is 6.61 Å². The third kappa shape index (κ3) is 3.77. The second-order valence-electron chi connectivity index (χ2n) is 3.90. The van der Waals surface area contributed by atoms with Crippen molar-refractivity contribution in [2.75, 3.05) is 6.61 Å². The minimum atomic E-state index is -0.467. The molecular formula is C15H11F2NO2. The van der Waals surface area contributed by atoms with Crippen LogP contribution in [-0.2, 0) is 6.61 Å². The first-order chi connectivity index (χ1) is 9.69. The lowest BCUT2D eigenvalue weighted by Crippen LogP contribution is -1.99. The average Bonchev–Trinajstić information content (AvgIpc) is 2.44. The largest absolute Gasteiger partial charge is 0.487 e. The highest BCUT2D eigenvalue weighted by Crippen LogP contribution is 2.20. The highest BCUT2D eigenvalue weighted by molar-refractivity contribution is 5.46. The Morgan fingerprint density at radius 2 is 2.00 bits per heavy atom. The summed E-state index contributed by atoms with van der Waals surface area (Å²) in [6.45, 7) is -0.257. The first-order valence-electron chi connectivity index (χ1n) is 5.80. The molecule has 5 heteroatoms. The van der Waals surface area contributed by atoms with Gasteiger partial charge in [0.25, 0.3) is 0 Å². The Morgan fingerprint density at radius 1 is 1.15 bits per heavy atom. The third-order valence-electron chi connectivity index (χ3n) is 2.40. The monoisotopic (exact) mass is 275 g/mol. The normalized spacial score (nSPS) is 9.75. The molecule has 0 aliphatic heterocycles. The second-order valence-corrected chi connectivity index (χ2v) is 3.90. The predicted molar refractivity (Wildman–Crippen MR) is 68.9 cm³/mol. The number of halogens is 2. The van der Waals surface area contributed by atoms with Crippen LogP contribution >= 0.6 is 0 Å². The quantitative estimate of drug-likeness (QED) is 0.874. The molecule has 0 spiro atoms. The fourth-order valence-electron chi connectivity index (χ4n) is 1.55. The Kier molecular flexibility index (Phi) is 4.64. The van der Waals surface area contributed by atoms with E-state index < -0.39 is 11.6 Å². The summed E-state index contributed by atoms with van der Waals surface area (Å²) in [5, 5.41) is 8.67. The summed E-state index contributed by atoms with van der Waals surface area (Å²) in [5.41, 5.74) is 0.972. The summed E-state index contributed by atoms with van der Waals surface area (Å²) in [6, 6.07) is 5.18. The molecule has 0 radical (unpaired) electrons. The van der Waals surface area contributed by atoms with Crippen LogP contribution in [0.5, 0.6) is 5.75 Å². The highest BCUT2D eigenvalue weighted by Gasteiger charge is 2.05. The molecule has 2 rings (SSSR count). The van der Waals surface area contributed by atoms with Gasteiger partial charge >= 0.3 is 0 Å². The molecule has 0 amide bonds. The van der Waals surface area contributed by atoms with E-state index in [1.807, 2.05) is 0 Å². The van der Waals surface area contributed by atoms with Gasteiger partial charge in [-0.3, -0.25) is 4.98 Å². The van der Waals surface area contributed by atoms with Crippen molar-refractivity contribution < 1.29 is 18.6 Å². The lowest BCUT2D eigenvalue weighted by atomic mass is 10.2. The van der Waals surface area contributed by atoms with Crippen molar-refractivity contribution in [3.05, 3.63) is 59.4 Å². The van der Waals surface area contributed by atoms with Gasteiger partial charge < -0.3 is 9.84 Å². The van der Waals surface area contributed by atoms with Crippen LogP contribution in [0.25, 0.3) is 0 Å². The van der Waals surface area contributed by atoms with E-state index in [0.717, 1.165) is 6.20 Å². The zero-order chi connectivity index (χ0) is 14.4. The van der Waals surface area contributed by atoms with Crippen LogP contribution in [0.1, 0.15) is 11.1 Å². The summed E-state index contributed by atoms with van der Waals surface area (Å²) in [4.78, 5) is 3.70. The molecule has 0 bridgehead atoms. The molecule has 0 unspecified atom stereocenters. The van der Waals surface area contributed by atoms with E-state index in [2.05, 4.69) is 16.8 Å². The van der Waals surface area contributed by atoms with Gasteiger partial charge in [0.05, 0.1) is 11.8 Å². The van der Waals surface area contributed by atoms with Crippen molar-refractivity contribution in [3.8, 4) is 17.6 Å². The van der Waals surface area contributed by atoms with Gasteiger partial charge in [-0.25, -0.2) is 8.78 Å². The maximum absolute atomic E-state index is 13.2. The molecule has 0 aliphatic rings. The lowest BCUT2D eigenvalue weighted by molar-refractivity contribution is 0.302. The van der Waals surface area contributed by atoms with Gasteiger partial charge in [-0.2, -0.15) is 0 Å². The van der Waals surface area contributed by atoms with Crippen LogP contribution in [0.4, 0.5) is 8.78 Å². The molecule has 0 saturated carbocycles. The molecule has 1 N–H and O–H groups in total. The molecule has 3 nitrogen and oxygen atoms in total. The lowest BCUT2D eigenvalue weighted by Gasteiger charge is -2.08. The Balaban J connectivity index is 2.17. The van der Waals surface area contributed by atoms with Crippen LogP contribution in [0.3, 0.4) is 0 Å². The summed E-state index contributed by atoms with van der Waals surface area (Å²) in [6.07, 6.45) is 2.55. The van der Waals surface area contributed by atoms with Crippen LogP contribution < -0.4 is 4.74 Å². The Hall–Kier alpha value is -2.45. The molecule has 102 valence electrons. The van der Waals surface area contributed by atoms with Crippen LogP contribution in [0.15, 0.2) is 36.7 Å². The molecule has 0 aliphatic carbocycles. The van der Waals surface area contributed by atoms with Gasteiger partial charge in [0.15, 0.2) is 0 Å². The Labute approximate surface area is 114 Å². The molecule has 0 atom stereocenters. The fraction of sp³-hybridized carbons (Fsp3) is 0.133. The zero-order valence-electron chi connectivity index (χ0n) is 10.4. The van der Waals surface area contributed by atoms with Crippen molar-refractivity contribution in [1.82, 2.24) is 4.98 Å². The summed E-state index contributed by atoms with van der Waals surface area (Å²) < 4.78 is 31.6. The highest BCUT2D eigenvalue weighted by atomic mass is 19.1. The van der Waals surface area contributed by atoms with Gasteiger partial charge in [-0.1, -0.05) is 11.8 Å². The van der Waals surface area contributed by atoms with Crippen LogP contribution in [0.2, 0.25) is 0 Å². The molecule has 1 aromatic heterocycles. The number of aliphatic hydroxyl groups is 1. The van der Waals surface area contributed by atoms with Crippen LogP contribution in [0, 0.1) is 23.5 Å². The molecule has 1 aromatic carbocycles. The Bertz CT molecular complexity index is 662. The van der Waals surface area contributed by atoms with Gasteiger partial charge in [0, 0.05) is 17.8 Å². The van der Waals surface area contributed by atoms with E-state index in [4.69, 9.17) is 9.84 Å². The first kappa shape index (κ1) is 14.0. The van der Waals surface area contributed by atoms with E-state index in [1.54, 1.807) is 0 Å². The number of aromatic nitrogens is 1. The minimum Gasteiger partial charge on any atom is -0.487 e. The van der Waals surface area contributed by atoms with Crippen molar-refractivity contribution in [2.24, 2.45) is 0 Å². The zero-order valence-corrected chi connectivity index (χ0v) is 10.4. The number of hydrogen-bond acceptors (Lipinski definition) is 3. The van der Waals surface area contributed by atoms with E-state index in [9.17, 15) is 8.78 Å². The minimum absolute atomic E-state index is 0.0437. The van der Waals surface area contributed by atoms with Crippen molar-refractivity contribution >= 4 is 0 Å². The smallest absolute Gasteiger partial charge is 0.141 e. The number of benzene rings is 1. The van der Waals surface area contributed by atoms with E-state index in [-0.39, 0.29) is 19.0 Å². The topological polar surface area (TPSA) is 42.4 Å². The molecule has 1 heterocycles. The number of rotatable bonds is 3. The molecule has 0 saturated heterocycles. The predicted octanol–water partition coefficient (Wildman–Crippen LogP) is 2.28. The number of nitrogens with zero attached hydrogens (tertiary/aromatic N) is 1. The molecular weight excluding hydrogens is 264 g/mol. The van der Waals surface area contributed by atoms with Gasteiger partial charge in [0.1, 0.15) is 30.6 Å². The van der Waals surface area contributed by atoms with Gasteiger partial charge in [-0.05, 0) is 18.2 Å². The number of pyridine rings is 1. The third-order valence-corrected chi connectivity index (χ3v) is 2.40. The van der Waals surface area contributed by atoms with E-state index in [0.29, 0.717) is 11.1 Å². The van der Waals surface area contributed by atoms with Gasteiger partial charge in [0.2, 0.25) is 0 Å². The molecule has 0 fully saturated rings. The van der Waals surface area contributed by atoms with Crippen LogP contribution in [-0.4, -0.2) is 16.7 Å². The number of aliphatic hydroxyl groups excluding tert-OH is 1. The first-order valence-corrected chi connectivity index (χ1v) is 5.80. The fourth-order valence-corrected chi connectivity index (χ4v) is 1.55. The maximum Gasteiger partial charge on any atom is 0.141 e. The van der Waals surface area contributed by atoms with Gasteiger partial charge in [-0.15, -0.1) is 0 Å². The molecule has 20 heavy (non-hydrogen) atoms. The number of ether oxygens (including phenoxy) is 1. The molecule has 2 aromatic rings.